The van der Waals surface area contributed by atoms with E-state index in [-0.39, 0.29) is 18.1 Å². The summed E-state index contributed by atoms with van der Waals surface area (Å²) in [4.78, 5) is 0. The minimum absolute atomic E-state index is 0.0112. The van der Waals surface area contributed by atoms with Gasteiger partial charge in [-0.25, -0.2) is 0 Å². The van der Waals surface area contributed by atoms with Crippen molar-refractivity contribution < 1.29 is 23.7 Å². The predicted molar refractivity (Wildman–Crippen MR) is 190 cm³/mol. The first-order valence-electron chi connectivity index (χ1n) is 16.8. The van der Waals surface area contributed by atoms with Crippen molar-refractivity contribution in [3.63, 3.8) is 0 Å². The highest BCUT2D eigenvalue weighted by Crippen LogP contribution is 2.37. The van der Waals surface area contributed by atoms with Gasteiger partial charge in [-0.2, -0.15) is 0 Å². The summed E-state index contributed by atoms with van der Waals surface area (Å²) < 4.78 is 34.0. The average molecular weight is 655 g/mol. The van der Waals surface area contributed by atoms with Crippen LogP contribution in [0.2, 0.25) is 0 Å². The second-order valence-corrected chi connectivity index (χ2v) is 12.7. The van der Waals surface area contributed by atoms with Crippen molar-refractivity contribution in [3.8, 4) is 5.75 Å². The molecule has 48 heavy (non-hydrogen) atoms. The second-order valence-electron chi connectivity index (χ2n) is 12.2. The molecule has 5 atom stereocenters. The van der Waals surface area contributed by atoms with Gasteiger partial charge in [0.1, 0.15) is 40.4 Å². The van der Waals surface area contributed by atoms with E-state index in [1.54, 1.807) is 0 Å². The molecule has 0 aromatic heterocycles. The molecule has 5 aromatic rings. The highest BCUT2D eigenvalue weighted by Gasteiger charge is 2.48. The Kier molecular flexibility index (Phi) is 12.9. The van der Waals surface area contributed by atoms with E-state index < -0.39 is 12.2 Å². The van der Waals surface area contributed by atoms with Crippen molar-refractivity contribution in [2.24, 2.45) is 5.92 Å². The van der Waals surface area contributed by atoms with Crippen LogP contribution >= 0.6 is 0 Å². The van der Waals surface area contributed by atoms with E-state index in [4.69, 9.17) is 23.7 Å². The average Bonchev–Trinajstić information content (AvgIpc) is 3.15. The first-order chi connectivity index (χ1) is 23.8. The van der Waals surface area contributed by atoms with Crippen LogP contribution in [-0.2, 0) is 50.7 Å². The van der Waals surface area contributed by atoms with E-state index in [9.17, 15) is 0 Å². The van der Waals surface area contributed by atoms with Gasteiger partial charge in [-0.05, 0) is 40.3 Å². The molecule has 0 saturated heterocycles. The van der Waals surface area contributed by atoms with Gasteiger partial charge in [0, 0.05) is 5.92 Å². The van der Waals surface area contributed by atoms with Gasteiger partial charge in [-0.15, -0.1) is 0 Å². The SMILES string of the molecule is [Al][CH2]c1ccccc1O[C@@H]1C[C@H](COCc2ccccc2)[C@@H](OCc2ccccc2)[C@H](OCc2ccccc2)[C@H]1OCc1ccccc1. The van der Waals surface area contributed by atoms with Gasteiger partial charge in [0.25, 0.3) is 0 Å². The number of hydrogen-bond donors (Lipinski definition) is 0. The van der Waals surface area contributed by atoms with Crippen LogP contribution in [0.3, 0.4) is 0 Å². The van der Waals surface area contributed by atoms with E-state index in [0.717, 1.165) is 38.8 Å². The third-order valence-electron chi connectivity index (χ3n) is 8.78. The molecular formula is C42H43AlO5. The Bertz CT molecular complexity index is 1620. The van der Waals surface area contributed by atoms with Crippen LogP contribution in [0.15, 0.2) is 146 Å². The van der Waals surface area contributed by atoms with Crippen LogP contribution in [0.25, 0.3) is 0 Å². The summed E-state index contributed by atoms with van der Waals surface area (Å²) in [5.41, 5.74) is 5.56. The Hall–Kier alpha value is -3.73. The molecule has 0 amide bonds. The van der Waals surface area contributed by atoms with Crippen molar-refractivity contribution in [1.29, 1.82) is 0 Å². The van der Waals surface area contributed by atoms with Crippen LogP contribution in [0.1, 0.15) is 34.2 Å². The third-order valence-corrected chi connectivity index (χ3v) is 9.22. The largest absolute Gasteiger partial charge is 0.487 e. The van der Waals surface area contributed by atoms with Gasteiger partial charge in [0.15, 0.2) is 0 Å². The molecule has 2 radical (unpaired) electrons. The second kappa shape index (κ2) is 18.1. The molecule has 1 aliphatic carbocycles. The monoisotopic (exact) mass is 654 g/mol. The number of hydrogen-bond acceptors (Lipinski definition) is 5. The highest BCUT2D eigenvalue weighted by atomic mass is 27.0. The van der Waals surface area contributed by atoms with Gasteiger partial charge in [0.05, 0.1) is 39.1 Å². The Morgan fingerprint density at radius 1 is 0.479 bits per heavy atom. The summed E-state index contributed by atoms with van der Waals surface area (Å²) in [6.45, 7) is 2.33. The normalized spacial score (nSPS) is 20.7. The molecule has 0 bridgehead atoms. The summed E-state index contributed by atoms with van der Waals surface area (Å²) in [5, 5.41) is 0.790. The Labute approximate surface area is 293 Å². The standard InChI is InChI=1S/C42H43O5.Al/c1-32-16-14-15-25-38(32)47-39-26-37(31-43-27-33-17-6-2-7-18-33)40(44-28-34-19-8-3-9-20-34)42(46-30-36-23-12-5-13-24-36)41(39)45-29-35-21-10-4-11-22-35;/h2-25,37,39-42H,1,26-31H2;/t37-,39-,40-,41+,42+;/m1./s1. The fourth-order valence-corrected chi connectivity index (χ4v) is 6.62. The van der Waals surface area contributed by atoms with Crippen LogP contribution in [-0.4, -0.2) is 47.3 Å². The summed E-state index contributed by atoms with van der Waals surface area (Å²) >= 11 is 2.82. The molecule has 0 N–H and O–H groups in total. The fourth-order valence-electron chi connectivity index (χ4n) is 6.29. The zero-order chi connectivity index (χ0) is 32.8. The maximum atomic E-state index is 6.94. The first-order valence-corrected chi connectivity index (χ1v) is 17.6. The number of ether oxygens (including phenoxy) is 5. The molecule has 1 aliphatic rings. The topological polar surface area (TPSA) is 46.2 Å². The first kappa shape index (κ1) is 34.1. The van der Waals surface area contributed by atoms with Crippen LogP contribution < -0.4 is 4.74 Å². The van der Waals surface area contributed by atoms with Crippen molar-refractivity contribution >= 4 is 16.3 Å². The number of para-hydroxylation sites is 1. The fraction of sp³-hybridized carbons (Fsp3) is 0.286. The number of benzene rings is 5. The van der Waals surface area contributed by atoms with Crippen LogP contribution in [0.4, 0.5) is 0 Å². The molecule has 5 aromatic carbocycles. The zero-order valence-electron chi connectivity index (χ0n) is 27.3. The number of rotatable bonds is 16. The lowest BCUT2D eigenvalue weighted by Gasteiger charge is -2.46. The maximum absolute atomic E-state index is 6.94. The van der Waals surface area contributed by atoms with Crippen LogP contribution in [0, 0.1) is 5.92 Å². The summed E-state index contributed by atoms with van der Waals surface area (Å²) in [5.74, 6) is 0.850. The highest BCUT2D eigenvalue weighted by molar-refractivity contribution is 6.08. The molecule has 0 spiro atoms. The summed E-state index contributed by atoms with van der Waals surface area (Å²) in [6.07, 6.45) is -0.747. The summed E-state index contributed by atoms with van der Waals surface area (Å²) in [6, 6.07) is 49.4. The van der Waals surface area contributed by atoms with Gasteiger partial charge >= 0.3 is 0 Å². The molecular weight excluding hydrogens is 611 g/mol. The van der Waals surface area contributed by atoms with Crippen molar-refractivity contribution in [2.45, 2.75) is 62.5 Å². The van der Waals surface area contributed by atoms with E-state index in [1.165, 1.54) is 0 Å². The van der Waals surface area contributed by atoms with E-state index in [0.29, 0.717) is 39.5 Å². The molecule has 0 aliphatic heterocycles. The lowest BCUT2D eigenvalue weighted by atomic mass is 9.80. The third kappa shape index (κ3) is 9.67. The van der Waals surface area contributed by atoms with Gasteiger partial charge < -0.3 is 23.7 Å². The van der Waals surface area contributed by atoms with E-state index >= 15 is 0 Å². The molecule has 244 valence electrons. The van der Waals surface area contributed by atoms with E-state index in [1.807, 2.05) is 84.9 Å². The molecule has 6 rings (SSSR count). The predicted octanol–water partition coefficient (Wildman–Crippen LogP) is 8.10. The van der Waals surface area contributed by atoms with Crippen LogP contribution in [0.5, 0.6) is 5.75 Å². The van der Waals surface area contributed by atoms with Gasteiger partial charge in [-0.3, -0.25) is 0 Å². The minimum atomic E-state index is -0.426. The Morgan fingerprint density at radius 3 is 1.44 bits per heavy atom. The molecule has 1 fully saturated rings. The lowest BCUT2D eigenvalue weighted by molar-refractivity contribution is -0.220. The van der Waals surface area contributed by atoms with Gasteiger partial charge in [0.2, 0.25) is 0 Å². The van der Waals surface area contributed by atoms with Crippen molar-refractivity contribution in [1.82, 2.24) is 0 Å². The quantitative estimate of drug-likeness (QED) is 0.101. The maximum Gasteiger partial charge on any atom is 0.128 e. The molecule has 0 unspecified atom stereocenters. The summed E-state index contributed by atoms with van der Waals surface area (Å²) in [7, 11) is 0. The minimum Gasteiger partial charge on any atom is -0.487 e. The molecule has 0 heterocycles. The van der Waals surface area contributed by atoms with Crippen molar-refractivity contribution in [3.05, 3.63) is 173 Å². The molecule has 1 saturated carbocycles. The Morgan fingerprint density at radius 2 is 0.917 bits per heavy atom. The van der Waals surface area contributed by atoms with Gasteiger partial charge in [-0.1, -0.05) is 145 Å². The smallest absolute Gasteiger partial charge is 0.128 e. The van der Waals surface area contributed by atoms with Crippen molar-refractivity contribution in [2.75, 3.05) is 6.61 Å². The zero-order valence-corrected chi connectivity index (χ0v) is 28.5. The molecule has 5 nitrogen and oxygen atoms in total. The lowest BCUT2D eigenvalue weighted by Crippen LogP contribution is -2.59. The molecule has 6 heteroatoms. The van der Waals surface area contributed by atoms with E-state index in [2.05, 4.69) is 77.0 Å². The Balaban J connectivity index is 1.33.